The average Bonchev–Trinajstić information content (AvgIpc) is 2.60. The van der Waals surface area contributed by atoms with Gasteiger partial charge < -0.3 is 15.6 Å². The second-order valence-corrected chi connectivity index (χ2v) is 7.33. The van der Waals surface area contributed by atoms with Crippen molar-refractivity contribution in [1.29, 1.82) is 0 Å². The number of carbonyl (C=O) groups is 2. The Labute approximate surface area is 156 Å². The number of aromatic amines is 1. The number of pyridine rings is 1. The van der Waals surface area contributed by atoms with E-state index >= 15 is 0 Å². The lowest BCUT2D eigenvalue weighted by molar-refractivity contribution is 0.0919. The smallest absolute Gasteiger partial charge is 0.256 e. The first kappa shape index (κ1) is 18.4. The highest BCUT2D eigenvalue weighted by Crippen LogP contribution is 2.17. The molecule has 0 unspecified atom stereocenters. The summed E-state index contributed by atoms with van der Waals surface area (Å²) in [6, 6.07) is 15.0. The number of fused-ring (bicyclic) bond motifs is 1. The van der Waals surface area contributed by atoms with Gasteiger partial charge in [0.1, 0.15) is 0 Å². The van der Waals surface area contributed by atoms with E-state index in [0.29, 0.717) is 27.7 Å². The van der Waals surface area contributed by atoms with E-state index in [4.69, 9.17) is 0 Å². The Bertz CT molecular complexity index is 1060. The molecule has 1 heterocycles. The fourth-order valence-corrected chi connectivity index (χ4v) is 2.71. The normalized spacial score (nSPS) is 11.2. The molecule has 0 aliphatic rings. The molecular weight excluding hydrogens is 342 g/mol. The lowest BCUT2D eigenvalue weighted by Crippen LogP contribution is -2.40. The Morgan fingerprint density at radius 3 is 2.26 bits per heavy atom. The van der Waals surface area contributed by atoms with Crippen molar-refractivity contribution in [1.82, 2.24) is 10.3 Å². The van der Waals surface area contributed by atoms with Gasteiger partial charge in [-0.15, -0.1) is 0 Å². The molecule has 0 spiro atoms. The third-order valence-electron chi connectivity index (χ3n) is 3.89. The first-order valence-corrected chi connectivity index (χ1v) is 8.59. The Kier molecular flexibility index (Phi) is 4.81. The summed E-state index contributed by atoms with van der Waals surface area (Å²) in [4.78, 5) is 39.3. The van der Waals surface area contributed by atoms with Gasteiger partial charge in [0.05, 0.1) is 5.56 Å². The van der Waals surface area contributed by atoms with E-state index in [1.807, 2.05) is 20.8 Å². The number of hydrogen-bond acceptors (Lipinski definition) is 3. The molecule has 2 amide bonds. The van der Waals surface area contributed by atoms with Crippen LogP contribution in [0.3, 0.4) is 0 Å². The summed E-state index contributed by atoms with van der Waals surface area (Å²) < 4.78 is 0. The second-order valence-electron chi connectivity index (χ2n) is 7.33. The molecule has 3 rings (SSSR count). The maximum absolute atomic E-state index is 12.6. The molecule has 6 heteroatoms. The topological polar surface area (TPSA) is 91.1 Å². The van der Waals surface area contributed by atoms with E-state index in [1.54, 1.807) is 48.5 Å². The van der Waals surface area contributed by atoms with E-state index in [9.17, 15) is 14.4 Å². The molecule has 138 valence electrons. The lowest BCUT2D eigenvalue weighted by Gasteiger charge is -2.20. The highest BCUT2D eigenvalue weighted by Gasteiger charge is 2.16. The Morgan fingerprint density at radius 2 is 1.59 bits per heavy atom. The maximum atomic E-state index is 12.6. The monoisotopic (exact) mass is 363 g/mol. The number of carbonyl (C=O) groups excluding carboxylic acids is 2. The molecule has 1 aromatic heterocycles. The molecule has 0 bridgehead atoms. The number of benzene rings is 2. The van der Waals surface area contributed by atoms with E-state index in [2.05, 4.69) is 15.6 Å². The second kappa shape index (κ2) is 7.07. The zero-order valence-electron chi connectivity index (χ0n) is 15.4. The van der Waals surface area contributed by atoms with Crippen LogP contribution in [0.2, 0.25) is 0 Å². The molecule has 0 atom stereocenters. The van der Waals surface area contributed by atoms with E-state index in [1.165, 1.54) is 6.07 Å². The minimum atomic E-state index is -0.385. The number of amides is 2. The molecule has 0 aliphatic carbocycles. The Hall–Kier alpha value is -3.41. The van der Waals surface area contributed by atoms with E-state index < -0.39 is 0 Å². The molecule has 0 fully saturated rings. The third kappa shape index (κ3) is 4.41. The van der Waals surface area contributed by atoms with Crippen molar-refractivity contribution in [3.63, 3.8) is 0 Å². The number of rotatable bonds is 3. The highest BCUT2D eigenvalue weighted by atomic mass is 16.2. The summed E-state index contributed by atoms with van der Waals surface area (Å²) in [5, 5.41) is 6.31. The van der Waals surface area contributed by atoms with Gasteiger partial charge in [0.2, 0.25) is 5.56 Å². The zero-order valence-corrected chi connectivity index (χ0v) is 15.4. The van der Waals surface area contributed by atoms with Crippen LogP contribution in [0.15, 0.2) is 59.4 Å². The van der Waals surface area contributed by atoms with E-state index in [0.717, 1.165) is 0 Å². The molecule has 6 nitrogen and oxygen atoms in total. The summed E-state index contributed by atoms with van der Waals surface area (Å²) in [6.07, 6.45) is 0. The first-order chi connectivity index (χ1) is 12.7. The van der Waals surface area contributed by atoms with Gasteiger partial charge in [-0.3, -0.25) is 14.4 Å². The average molecular weight is 363 g/mol. The summed E-state index contributed by atoms with van der Waals surface area (Å²) in [5.74, 6) is -0.565. The van der Waals surface area contributed by atoms with Crippen molar-refractivity contribution >= 4 is 28.4 Å². The van der Waals surface area contributed by atoms with Crippen molar-refractivity contribution in [2.24, 2.45) is 0 Å². The molecule has 2 aromatic carbocycles. The SMILES string of the molecule is CC(C)(C)NC(=O)c1ccc(NC(=O)c2cc(=O)[nH]c3ccccc23)cc1. The van der Waals surface area contributed by atoms with Crippen molar-refractivity contribution in [2.75, 3.05) is 5.32 Å². The van der Waals surface area contributed by atoms with Crippen molar-refractivity contribution in [3.05, 3.63) is 76.1 Å². The largest absolute Gasteiger partial charge is 0.347 e. The Balaban J connectivity index is 1.81. The lowest BCUT2D eigenvalue weighted by atomic mass is 10.1. The van der Waals surface area contributed by atoms with Crippen LogP contribution in [0.1, 0.15) is 41.5 Å². The van der Waals surface area contributed by atoms with Gasteiger partial charge in [0.25, 0.3) is 11.8 Å². The predicted octanol–water partition coefficient (Wildman–Crippen LogP) is 3.31. The van der Waals surface area contributed by atoms with Gasteiger partial charge >= 0.3 is 0 Å². The van der Waals surface area contributed by atoms with E-state index in [-0.39, 0.29) is 22.9 Å². The van der Waals surface area contributed by atoms with Gasteiger partial charge in [-0.1, -0.05) is 18.2 Å². The van der Waals surface area contributed by atoms with Gasteiger partial charge in [0, 0.05) is 33.8 Å². The first-order valence-electron chi connectivity index (χ1n) is 8.59. The van der Waals surface area contributed by atoms with Gasteiger partial charge in [0.15, 0.2) is 0 Å². The number of nitrogens with one attached hydrogen (secondary N) is 3. The maximum Gasteiger partial charge on any atom is 0.256 e. The van der Waals surface area contributed by atoms with Crippen molar-refractivity contribution in [3.8, 4) is 0 Å². The number of anilines is 1. The molecule has 3 N–H and O–H groups in total. The number of hydrogen-bond donors (Lipinski definition) is 3. The summed E-state index contributed by atoms with van der Waals surface area (Å²) in [7, 11) is 0. The van der Waals surface area contributed by atoms with Crippen molar-refractivity contribution < 1.29 is 9.59 Å². The van der Waals surface area contributed by atoms with Crippen molar-refractivity contribution in [2.45, 2.75) is 26.3 Å². The molecule has 0 aliphatic heterocycles. The quantitative estimate of drug-likeness (QED) is 0.667. The number of aromatic nitrogens is 1. The van der Waals surface area contributed by atoms with Gasteiger partial charge in [-0.25, -0.2) is 0 Å². The molecule has 0 saturated carbocycles. The number of H-pyrrole nitrogens is 1. The summed E-state index contributed by atoms with van der Waals surface area (Å²) in [5.41, 5.74) is 1.27. The molecule has 3 aromatic rings. The van der Waals surface area contributed by atoms with Crippen LogP contribution in [0.5, 0.6) is 0 Å². The Morgan fingerprint density at radius 1 is 0.926 bits per heavy atom. The fourth-order valence-electron chi connectivity index (χ4n) is 2.71. The minimum absolute atomic E-state index is 0.180. The molecular formula is C21H21N3O3. The minimum Gasteiger partial charge on any atom is -0.347 e. The van der Waals surface area contributed by atoms with Crippen LogP contribution in [0.25, 0.3) is 10.9 Å². The molecule has 27 heavy (non-hydrogen) atoms. The summed E-state index contributed by atoms with van der Waals surface area (Å²) >= 11 is 0. The van der Waals surface area contributed by atoms with Gasteiger partial charge in [-0.05, 0) is 51.1 Å². The van der Waals surface area contributed by atoms with Crippen LogP contribution in [-0.2, 0) is 0 Å². The summed E-state index contributed by atoms with van der Waals surface area (Å²) in [6.45, 7) is 5.72. The fraction of sp³-hybridized carbons (Fsp3) is 0.190. The standard InChI is InChI=1S/C21H21N3O3/c1-21(2,3)24-19(26)13-8-10-14(11-9-13)22-20(27)16-12-18(25)23-17-7-5-4-6-15(16)17/h4-12H,1-3H3,(H,22,27)(H,23,25)(H,24,26). The van der Waals surface area contributed by atoms with Crippen LogP contribution in [-0.4, -0.2) is 22.3 Å². The molecule has 0 saturated heterocycles. The molecule has 0 radical (unpaired) electrons. The van der Waals surface area contributed by atoms with Crippen LogP contribution < -0.4 is 16.2 Å². The van der Waals surface area contributed by atoms with Crippen LogP contribution in [0.4, 0.5) is 5.69 Å². The number of para-hydroxylation sites is 1. The van der Waals surface area contributed by atoms with Crippen LogP contribution in [0, 0.1) is 0 Å². The zero-order chi connectivity index (χ0) is 19.6. The third-order valence-corrected chi connectivity index (χ3v) is 3.89. The predicted molar refractivity (Wildman–Crippen MR) is 106 cm³/mol. The van der Waals surface area contributed by atoms with Gasteiger partial charge in [-0.2, -0.15) is 0 Å². The van der Waals surface area contributed by atoms with Crippen LogP contribution >= 0.6 is 0 Å². The highest BCUT2D eigenvalue weighted by molar-refractivity contribution is 6.12.